The maximum atomic E-state index is 12.8. The van der Waals surface area contributed by atoms with Gasteiger partial charge >= 0.3 is 11.9 Å². The highest BCUT2D eigenvalue weighted by Gasteiger charge is 2.54. The van der Waals surface area contributed by atoms with E-state index in [4.69, 9.17) is 15.3 Å². The summed E-state index contributed by atoms with van der Waals surface area (Å²) in [4.78, 5) is 58.1. The number of carboxylic acid groups (broad SMARTS) is 1. The fourth-order valence-corrected chi connectivity index (χ4v) is 4.40. The molecule has 1 fully saturated rings. The molecule has 1 aromatic rings. The Hall–Kier alpha value is -3.61. The van der Waals surface area contributed by atoms with E-state index in [1.165, 1.54) is 37.9 Å². The molecule has 2 aliphatic rings. The lowest BCUT2D eigenvalue weighted by Crippen LogP contribution is -2.71. The van der Waals surface area contributed by atoms with E-state index in [-0.39, 0.29) is 35.3 Å². The fraction of sp³-hybridized carbons (Fsp3) is 0.333. The summed E-state index contributed by atoms with van der Waals surface area (Å²) < 4.78 is 4.89. The summed E-state index contributed by atoms with van der Waals surface area (Å²) in [5, 5.41) is 15.2. The number of aromatic nitrogens is 1. The van der Waals surface area contributed by atoms with Crippen LogP contribution in [0.25, 0.3) is 0 Å². The van der Waals surface area contributed by atoms with E-state index < -0.39 is 35.2 Å². The first-order valence-electron chi connectivity index (χ1n) is 8.92. The average molecular weight is 449 g/mol. The highest BCUT2D eigenvalue weighted by Crippen LogP contribution is 2.40. The van der Waals surface area contributed by atoms with Crippen LogP contribution in [0.3, 0.4) is 0 Å². The number of aliphatic carboxylic acids is 1. The van der Waals surface area contributed by atoms with Gasteiger partial charge < -0.3 is 25.7 Å². The van der Waals surface area contributed by atoms with Gasteiger partial charge in [-0.15, -0.1) is 11.8 Å². The van der Waals surface area contributed by atoms with Crippen molar-refractivity contribution in [2.75, 3.05) is 25.2 Å². The number of esters is 1. The molecule has 31 heavy (non-hydrogen) atoms. The van der Waals surface area contributed by atoms with Crippen molar-refractivity contribution < 1.29 is 33.9 Å². The standard InChI is InChI=1S/C18H19N5O7S/c1-8(24)30-6-9-7-31-17-13(16(26)23(17)14(9)18(27)28)21-15(25)12(22-29-2)10-4-3-5-11(19)20-10/h3-5,13,17H,6-7H2,1-2H3,(H2,19,20)(H,21,25)(H,27,28)/t13-,17-/m1/s1. The van der Waals surface area contributed by atoms with Crippen LogP contribution in [0.4, 0.5) is 5.82 Å². The molecule has 12 nitrogen and oxygen atoms in total. The molecule has 0 saturated carbocycles. The lowest BCUT2D eigenvalue weighted by atomic mass is 10.0. The van der Waals surface area contributed by atoms with Crippen molar-refractivity contribution in [1.82, 2.24) is 15.2 Å². The number of fused-ring (bicyclic) bond motifs is 1. The number of pyridine rings is 1. The van der Waals surface area contributed by atoms with E-state index in [0.717, 1.165) is 4.90 Å². The van der Waals surface area contributed by atoms with Gasteiger partial charge in [-0.3, -0.25) is 19.3 Å². The summed E-state index contributed by atoms with van der Waals surface area (Å²) >= 11 is 1.24. The van der Waals surface area contributed by atoms with Gasteiger partial charge in [0.25, 0.3) is 11.8 Å². The SMILES string of the molecule is CON=C(C(=O)N[C@@H]1C(=O)N2C(C(=O)O)=C(COC(C)=O)CS[C@H]12)c1cccc(N)n1. The Morgan fingerprint density at radius 2 is 2.16 bits per heavy atom. The second-order valence-corrected chi connectivity index (χ2v) is 7.57. The Bertz CT molecular complexity index is 1010. The van der Waals surface area contributed by atoms with Crippen molar-refractivity contribution in [3.63, 3.8) is 0 Å². The number of nitrogens with zero attached hydrogens (tertiary/aromatic N) is 3. The van der Waals surface area contributed by atoms with Crippen molar-refractivity contribution in [3.05, 3.63) is 35.2 Å². The molecule has 0 spiro atoms. The summed E-state index contributed by atoms with van der Waals surface area (Å²) in [6.07, 6.45) is 0. The van der Waals surface area contributed by atoms with Gasteiger partial charge in [0.05, 0.1) is 0 Å². The lowest BCUT2D eigenvalue weighted by molar-refractivity contribution is -0.150. The molecule has 2 aliphatic heterocycles. The number of carbonyl (C=O) groups is 4. The summed E-state index contributed by atoms with van der Waals surface area (Å²) in [5.74, 6) is -2.85. The number of carboxylic acids is 1. The Balaban J connectivity index is 1.79. The molecule has 0 aliphatic carbocycles. The number of β-lactam (4-membered cyclic amide) rings is 1. The molecule has 0 unspecified atom stereocenters. The third-order valence-electron chi connectivity index (χ3n) is 4.40. The van der Waals surface area contributed by atoms with Crippen LogP contribution in [0.2, 0.25) is 0 Å². The van der Waals surface area contributed by atoms with Gasteiger partial charge in [0, 0.05) is 18.2 Å². The Labute approximate surface area is 180 Å². The summed E-state index contributed by atoms with van der Waals surface area (Å²) in [6, 6.07) is 3.64. The van der Waals surface area contributed by atoms with E-state index in [0.29, 0.717) is 5.57 Å². The first-order chi connectivity index (χ1) is 14.7. The van der Waals surface area contributed by atoms with Gasteiger partial charge in [0.15, 0.2) is 5.71 Å². The Morgan fingerprint density at radius 3 is 2.77 bits per heavy atom. The molecule has 3 rings (SSSR count). The molecule has 0 bridgehead atoms. The van der Waals surface area contributed by atoms with Crippen LogP contribution in [0, 0.1) is 0 Å². The van der Waals surface area contributed by atoms with E-state index >= 15 is 0 Å². The fourth-order valence-electron chi connectivity index (χ4n) is 3.07. The Kier molecular flexibility index (Phi) is 6.44. The molecule has 1 saturated heterocycles. The van der Waals surface area contributed by atoms with Gasteiger partial charge in [-0.2, -0.15) is 0 Å². The first kappa shape index (κ1) is 22.1. The zero-order valence-corrected chi connectivity index (χ0v) is 17.3. The number of thioether (sulfide) groups is 1. The predicted octanol–water partition coefficient (Wildman–Crippen LogP) is -0.684. The van der Waals surface area contributed by atoms with Crippen molar-refractivity contribution in [1.29, 1.82) is 0 Å². The molecule has 1 aromatic heterocycles. The van der Waals surface area contributed by atoms with Crippen molar-refractivity contribution in [2.24, 2.45) is 5.16 Å². The lowest BCUT2D eigenvalue weighted by Gasteiger charge is -2.49. The molecule has 3 heterocycles. The van der Waals surface area contributed by atoms with Gasteiger partial charge in [0.1, 0.15) is 42.3 Å². The first-order valence-corrected chi connectivity index (χ1v) is 9.97. The number of hydrogen-bond acceptors (Lipinski definition) is 10. The van der Waals surface area contributed by atoms with Crippen LogP contribution < -0.4 is 11.1 Å². The molecule has 0 radical (unpaired) electrons. The van der Waals surface area contributed by atoms with Gasteiger partial charge in [-0.25, -0.2) is 9.78 Å². The topological polar surface area (TPSA) is 174 Å². The summed E-state index contributed by atoms with van der Waals surface area (Å²) in [7, 11) is 1.25. The number of nitrogen functional groups attached to an aromatic ring is 1. The number of amides is 2. The minimum absolute atomic E-state index is 0.147. The van der Waals surface area contributed by atoms with Crippen LogP contribution in [0.15, 0.2) is 34.6 Å². The minimum Gasteiger partial charge on any atom is -0.477 e. The van der Waals surface area contributed by atoms with Gasteiger partial charge in [0.2, 0.25) is 0 Å². The molecule has 2 atom stereocenters. The minimum atomic E-state index is -1.32. The quantitative estimate of drug-likeness (QED) is 0.209. The van der Waals surface area contributed by atoms with E-state index in [1.807, 2.05) is 0 Å². The molecular formula is C18H19N5O7S. The van der Waals surface area contributed by atoms with E-state index in [1.54, 1.807) is 6.07 Å². The predicted molar refractivity (Wildman–Crippen MR) is 109 cm³/mol. The second kappa shape index (κ2) is 9.04. The van der Waals surface area contributed by atoms with Crippen LogP contribution in [-0.2, 0) is 28.8 Å². The molecule has 2 amide bonds. The average Bonchev–Trinajstić information content (AvgIpc) is 2.73. The molecule has 164 valence electrons. The van der Waals surface area contributed by atoms with Crippen LogP contribution in [0.1, 0.15) is 12.6 Å². The monoisotopic (exact) mass is 449 g/mol. The van der Waals surface area contributed by atoms with Gasteiger partial charge in [-0.05, 0) is 12.1 Å². The molecular weight excluding hydrogens is 430 g/mol. The van der Waals surface area contributed by atoms with E-state index in [9.17, 15) is 24.3 Å². The number of ether oxygens (including phenoxy) is 1. The third-order valence-corrected chi connectivity index (χ3v) is 5.74. The molecule has 0 aromatic carbocycles. The van der Waals surface area contributed by atoms with Gasteiger partial charge in [-0.1, -0.05) is 11.2 Å². The van der Waals surface area contributed by atoms with Crippen molar-refractivity contribution in [3.8, 4) is 0 Å². The molecule has 13 heteroatoms. The number of carbonyl (C=O) groups excluding carboxylic acids is 3. The van der Waals surface area contributed by atoms with Crippen molar-refractivity contribution in [2.45, 2.75) is 18.3 Å². The maximum Gasteiger partial charge on any atom is 0.352 e. The summed E-state index contributed by atoms with van der Waals surface area (Å²) in [6.45, 7) is 0.970. The number of nitrogens with two attached hydrogens (primary N) is 1. The molecule has 4 N–H and O–H groups in total. The number of oxime groups is 1. The number of anilines is 1. The zero-order chi connectivity index (χ0) is 22.7. The van der Waals surface area contributed by atoms with Crippen LogP contribution >= 0.6 is 11.8 Å². The normalized spacial score (nSPS) is 20.5. The van der Waals surface area contributed by atoms with Crippen LogP contribution in [-0.4, -0.2) is 75.3 Å². The van der Waals surface area contributed by atoms with E-state index in [2.05, 4.69) is 15.5 Å². The number of hydrogen-bond donors (Lipinski definition) is 3. The highest BCUT2D eigenvalue weighted by molar-refractivity contribution is 8.00. The summed E-state index contributed by atoms with van der Waals surface area (Å²) in [5.41, 5.74) is 5.66. The maximum absolute atomic E-state index is 12.8. The Morgan fingerprint density at radius 1 is 1.42 bits per heavy atom. The van der Waals surface area contributed by atoms with Crippen molar-refractivity contribution >= 4 is 47.0 Å². The third kappa shape index (κ3) is 4.45. The largest absolute Gasteiger partial charge is 0.477 e. The zero-order valence-electron chi connectivity index (χ0n) is 16.5. The second-order valence-electron chi connectivity index (χ2n) is 6.47. The number of nitrogens with one attached hydrogen (secondary N) is 1. The van der Waals surface area contributed by atoms with Crippen LogP contribution in [0.5, 0.6) is 0 Å². The highest BCUT2D eigenvalue weighted by atomic mass is 32.2. The smallest absolute Gasteiger partial charge is 0.352 e. The number of rotatable bonds is 7.